The summed E-state index contributed by atoms with van der Waals surface area (Å²) in [7, 11) is 0. The van der Waals surface area contributed by atoms with E-state index < -0.39 is 0 Å². The molecule has 0 aromatic heterocycles. The van der Waals surface area contributed by atoms with E-state index in [2.05, 4.69) is 0 Å². The summed E-state index contributed by atoms with van der Waals surface area (Å²) in [6.45, 7) is 3.63. The second-order valence-corrected chi connectivity index (χ2v) is 3.96. The Kier molecular flexibility index (Phi) is 2.65. The van der Waals surface area contributed by atoms with Crippen molar-refractivity contribution >= 4 is 0 Å². The largest absolute Gasteiger partial charge is 0.508 e. The van der Waals surface area contributed by atoms with Crippen molar-refractivity contribution in [3.05, 3.63) is 53.3 Å². The second kappa shape index (κ2) is 3.97. The van der Waals surface area contributed by atoms with Crippen LogP contribution in [0.2, 0.25) is 0 Å². The van der Waals surface area contributed by atoms with Crippen LogP contribution in [-0.4, -0.2) is 5.11 Å². The van der Waals surface area contributed by atoms with E-state index in [0.29, 0.717) is 5.56 Å². The van der Waals surface area contributed by atoms with Gasteiger partial charge in [-0.15, -0.1) is 0 Å². The molecule has 0 aliphatic carbocycles. The lowest BCUT2D eigenvalue weighted by Gasteiger charge is -2.07. The van der Waals surface area contributed by atoms with Crippen molar-refractivity contribution in [1.82, 2.24) is 0 Å². The number of hydrogen-bond donors (Lipinski definition) is 1. The molecule has 1 N–H and O–H groups in total. The van der Waals surface area contributed by atoms with Gasteiger partial charge in [0.05, 0.1) is 0 Å². The number of rotatable bonds is 1. The third kappa shape index (κ3) is 1.91. The van der Waals surface area contributed by atoms with Gasteiger partial charge in [0, 0.05) is 0 Å². The van der Waals surface area contributed by atoms with Gasteiger partial charge in [-0.3, -0.25) is 0 Å². The molecule has 0 spiro atoms. The summed E-state index contributed by atoms with van der Waals surface area (Å²) in [5, 5.41) is 9.31. The molecule has 0 unspecified atom stereocenters. The summed E-state index contributed by atoms with van der Waals surface area (Å²) in [6, 6.07) is 10.3. The molecule has 1 nitrogen and oxygen atoms in total. The molecule has 0 saturated carbocycles. The average Bonchev–Trinajstić information content (AvgIpc) is 2.22. The Morgan fingerprint density at radius 3 is 2.31 bits per heavy atom. The molecule has 0 fully saturated rings. The lowest BCUT2D eigenvalue weighted by atomic mass is 9.99. The van der Waals surface area contributed by atoms with Crippen LogP contribution in [0.3, 0.4) is 0 Å². The number of phenolic OH excluding ortho intramolecular Hbond substituents is 1. The van der Waals surface area contributed by atoms with Gasteiger partial charge in [0.25, 0.3) is 0 Å². The van der Waals surface area contributed by atoms with Gasteiger partial charge in [0.1, 0.15) is 11.6 Å². The van der Waals surface area contributed by atoms with Gasteiger partial charge in [-0.25, -0.2) is 4.39 Å². The predicted molar refractivity (Wildman–Crippen MR) is 63.0 cm³/mol. The van der Waals surface area contributed by atoms with Crippen LogP contribution in [0.1, 0.15) is 11.1 Å². The van der Waals surface area contributed by atoms with Gasteiger partial charge in [0.2, 0.25) is 0 Å². The zero-order valence-corrected chi connectivity index (χ0v) is 9.29. The maximum Gasteiger partial charge on any atom is 0.126 e. The molecule has 2 rings (SSSR count). The molecule has 0 aliphatic rings. The molecule has 2 heteroatoms. The van der Waals surface area contributed by atoms with Crippen LogP contribution in [0.5, 0.6) is 5.75 Å². The molecule has 0 heterocycles. The fourth-order valence-corrected chi connectivity index (χ4v) is 1.73. The SMILES string of the molecule is Cc1ccc(-c2ccc(O)cc2C)cc1F. The highest BCUT2D eigenvalue weighted by atomic mass is 19.1. The van der Waals surface area contributed by atoms with Crippen molar-refractivity contribution in [2.24, 2.45) is 0 Å². The van der Waals surface area contributed by atoms with E-state index in [0.717, 1.165) is 16.7 Å². The number of halogens is 1. The van der Waals surface area contributed by atoms with Crippen molar-refractivity contribution < 1.29 is 9.50 Å². The van der Waals surface area contributed by atoms with Crippen molar-refractivity contribution in [2.75, 3.05) is 0 Å². The predicted octanol–water partition coefficient (Wildman–Crippen LogP) is 3.82. The Morgan fingerprint density at radius 1 is 0.938 bits per heavy atom. The van der Waals surface area contributed by atoms with Gasteiger partial charge in [-0.2, -0.15) is 0 Å². The number of aromatic hydroxyl groups is 1. The Balaban J connectivity index is 2.54. The topological polar surface area (TPSA) is 20.2 Å². The molecule has 0 saturated heterocycles. The maximum absolute atomic E-state index is 13.4. The smallest absolute Gasteiger partial charge is 0.126 e. The van der Waals surface area contributed by atoms with Gasteiger partial charge in [-0.05, 0) is 54.3 Å². The zero-order valence-electron chi connectivity index (χ0n) is 9.29. The van der Waals surface area contributed by atoms with Gasteiger partial charge >= 0.3 is 0 Å². The van der Waals surface area contributed by atoms with E-state index in [9.17, 15) is 9.50 Å². The molecule has 0 bridgehead atoms. The van der Waals surface area contributed by atoms with Crippen LogP contribution in [0.15, 0.2) is 36.4 Å². The van der Waals surface area contributed by atoms with Crippen LogP contribution in [0.4, 0.5) is 4.39 Å². The van der Waals surface area contributed by atoms with Crippen LogP contribution < -0.4 is 0 Å². The highest BCUT2D eigenvalue weighted by Crippen LogP contribution is 2.27. The lowest BCUT2D eigenvalue weighted by Crippen LogP contribution is -1.87. The molecule has 2 aromatic carbocycles. The Bertz CT molecular complexity index is 532. The standard InChI is InChI=1S/C14H13FO/c1-9-3-4-11(8-14(9)15)13-6-5-12(16)7-10(13)2/h3-8,16H,1-2H3. The summed E-state index contributed by atoms with van der Waals surface area (Å²) in [5.74, 6) is 0.0267. The fraction of sp³-hybridized carbons (Fsp3) is 0.143. The normalized spacial score (nSPS) is 10.4. The third-order valence-electron chi connectivity index (χ3n) is 2.69. The van der Waals surface area contributed by atoms with Crippen molar-refractivity contribution in [3.8, 4) is 16.9 Å². The molecular weight excluding hydrogens is 203 g/mol. The van der Waals surface area contributed by atoms with Gasteiger partial charge in [-0.1, -0.05) is 18.2 Å². The van der Waals surface area contributed by atoms with E-state index in [1.165, 1.54) is 6.07 Å². The quantitative estimate of drug-likeness (QED) is 0.768. The van der Waals surface area contributed by atoms with E-state index in [-0.39, 0.29) is 11.6 Å². The summed E-state index contributed by atoms with van der Waals surface area (Å²) in [5.41, 5.74) is 3.35. The summed E-state index contributed by atoms with van der Waals surface area (Å²) < 4.78 is 13.4. The van der Waals surface area contributed by atoms with Gasteiger partial charge in [0.15, 0.2) is 0 Å². The summed E-state index contributed by atoms with van der Waals surface area (Å²) in [4.78, 5) is 0. The van der Waals surface area contributed by atoms with Crippen molar-refractivity contribution in [1.29, 1.82) is 0 Å². The van der Waals surface area contributed by atoms with Crippen molar-refractivity contribution in [3.63, 3.8) is 0 Å². The molecule has 0 amide bonds. The molecule has 16 heavy (non-hydrogen) atoms. The minimum atomic E-state index is -0.204. The average molecular weight is 216 g/mol. The highest BCUT2D eigenvalue weighted by Gasteiger charge is 2.05. The molecule has 0 radical (unpaired) electrons. The number of hydrogen-bond acceptors (Lipinski definition) is 1. The molecular formula is C14H13FO. The fourth-order valence-electron chi connectivity index (χ4n) is 1.73. The highest BCUT2D eigenvalue weighted by molar-refractivity contribution is 5.68. The minimum Gasteiger partial charge on any atom is -0.508 e. The van der Waals surface area contributed by atoms with Crippen LogP contribution >= 0.6 is 0 Å². The second-order valence-electron chi connectivity index (χ2n) is 3.96. The van der Waals surface area contributed by atoms with Crippen LogP contribution in [0.25, 0.3) is 11.1 Å². The lowest BCUT2D eigenvalue weighted by molar-refractivity contribution is 0.475. The van der Waals surface area contributed by atoms with E-state index in [4.69, 9.17) is 0 Å². The number of phenols is 1. The first-order valence-electron chi connectivity index (χ1n) is 5.14. The Morgan fingerprint density at radius 2 is 1.69 bits per heavy atom. The molecule has 82 valence electrons. The van der Waals surface area contributed by atoms with E-state index in [1.54, 1.807) is 31.2 Å². The number of aryl methyl sites for hydroxylation is 2. The summed E-state index contributed by atoms with van der Waals surface area (Å²) >= 11 is 0. The van der Waals surface area contributed by atoms with Crippen molar-refractivity contribution in [2.45, 2.75) is 13.8 Å². The first-order valence-corrected chi connectivity index (χ1v) is 5.14. The number of benzene rings is 2. The van der Waals surface area contributed by atoms with Crippen LogP contribution in [-0.2, 0) is 0 Å². The maximum atomic E-state index is 13.4. The Hall–Kier alpha value is -1.83. The molecule has 2 aromatic rings. The van der Waals surface area contributed by atoms with Crippen LogP contribution in [0, 0.1) is 19.7 Å². The zero-order chi connectivity index (χ0) is 11.7. The Labute approximate surface area is 94.2 Å². The van der Waals surface area contributed by atoms with Gasteiger partial charge < -0.3 is 5.11 Å². The minimum absolute atomic E-state index is 0.204. The summed E-state index contributed by atoms with van der Waals surface area (Å²) in [6.07, 6.45) is 0. The van der Waals surface area contributed by atoms with E-state index >= 15 is 0 Å². The first kappa shape index (κ1) is 10.7. The molecule has 0 aliphatic heterocycles. The monoisotopic (exact) mass is 216 g/mol. The first-order chi connectivity index (χ1) is 7.58. The van der Waals surface area contributed by atoms with E-state index in [1.807, 2.05) is 13.0 Å². The third-order valence-corrected chi connectivity index (χ3v) is 2.69. The molecule has 0 atom stereocenters.